The minimum absolute atomic E-state index is 0.0226. The Kier molecular flexibility index (Phi) is 4.85. The number of rotatable bonds is 5. The molecule has 1 N–H and O–H groups in total. The van der Waals surface area contributed by atoms with Crippen molar-refractivity contribution in [2.75, 3.05) is 7.05 Å². The van der Waals surface area contributed by atoms with Crippen LogP contribution in [0.3, 0.4) is 0 Å². The predicted octanol–water partition coefficient (Wildman–Crippen LogP) is 3.96. The van der Waals surface area contributed by atoms with E-state index < -0.39 is 17.5 Å². The van der Waals surface area contributed by atoms with Gasteiger partial charge in [-0.3, -0.25) is 0 Å². The van der Waals surface area contributed by atoms with Gasteiger partial charge in [-0.15, -0.1) is 0 Å². The molecule has 112 valence electrons. The summed E-state index contributed by atoms with van der Waals surface area (Å²) in [6.45, 7) is 1.95. The van der Waals surface area contributed by atoms with Crippen molar-refractivity contribution >= 4 is 0 Å². The highest BCUT2D eigenvalue weighted by atomic mass is 19.2. The van der Waals surface area contributed by atoms with E-state index in [0.29, 0.717) is 11.3 Å². The average Bonchev–Trinajstić information content (AvgIpc) is 2.48. The summed E-state index contributed by atoms with van der Waals surface area (Å²) in [5, 5.41) is 3.04. The zero-order chi connectivity index (χ0) is 15.4. The van der Waals surface area contributed by atoms with Crippen LogP contribution in [0.4, 0.5) is 13.2 Å². The SMILES string of the molecule is CNC(C)c1ccc(F)cc1OCc1ccc(F)c(F)c1. The highest BCUT2D eigenvalue weighted by molar-refractivity contribution is 5.36. The third kappa shape index (κ3) is 3.76. The first-order valence-corrected chi connectivity index (χ1v) is 6.54. The molecule has 0 saturated carbocycles. The van der Waals surface area contributed by atoms with Crippen molar-refractivity contribution in [3.05, 3.63) is 65.0 Å². The van der Waals surface area contributed by atoms with Crippen LogP contribution in [-0.2, 0) is 6.61 Å². The lowest BCUT2D eigenvalue weighted by Gasteiger charge is -2.16. The van der Waals surface area contributed by atoms with Crippen LogP contribution in [0, 0.1) is 17.5 Å². The summed E-state index contributed by atoms with van der Waals surface area (Å²) in [6, 6.07) is 7.78. The molecule has 0 aromatic heterocycles. The Labute approximate surface area is 121 Å². The maximum absolute atomic E-state index is 13.3. The number of hydrogen-bond acceptors (Lipinski definition) is 2. The molecule has 0 aliphatic rings. The zero-order valence-corrected chi connectivity index (χ0v) is 11.8. The van der Waals surface area contributed by atoms with E-state index in [-0.39, 0.29) is 12.6 Å². The summed E-state index contributed by atoms with van der Waals surface area (Å²) in [5.41, 5.74) is 1.27. The number of nitrogens with one attached hydrogen (secondary N) is 1. The molecule has 2 aromatic carbocycles. The first-order valence-electron chi connectivity index (χ1n) is 6.54. The molecule has 0 heterocycles. The molecule has 0 aliphatic heterocycles. The highest BCUT2D eigenvalue weighted by Crippen LogP contribution is 2.27. The summed E-state index contributed by atoms with van der Waals surface area (Å²) in [5.74, 6) is -1.88. The van der Waals surface area contributed by atoms with Crippen LogP contribution in [0.5, 0.6) is 5.75 Å². The summed E-state index contributed by atoms with van der Waals surface area (Å²) in [4.78, 5) is 0. The smallest absolute Gasteiger partial charge is 0.159 e. The van der Waals surface area contributed by atoms with Gasteiger partial charge in [-0.2, -0.15) is 0 Å². The topological polar surface area (TPSA) is 21.3 Å². The monoisotopic (exact) mass is 295 g/mol. The third-order valence-corrected chi connectivity index (χ3v) is 3.25. The van der Waals surface area contributed by atoms with Gasteiger partial charge in [0.2, 0.25) is 0 Å². The lowest BCUT2D eigenvalue weighted by Crippen LogP contribution is -2.14. The predicted molar refractivity (Wildman–Crippen MR) is 74.6 cm³/mol. The van der Waals surface area contributed by atoms with Crippen LogP contribution in [0.15, 0.2) is 36.4 Å². The second kappa shape index (κ2) is 6.63. The first kappa shape index (κ1) is 15.4. The molecule has 1 atom stereocenters. The van der Waals surface area contributed by atoms with E-state index in [4.69, 9.17) is 4.74 Å². The van der Waals surface area contributed by atoms with Crippen molar-refractivity contribution < 1.29 is 17.9 Å². The van der Waals surface area contributed by atoms with Gasteiger partial charge < -0.3 is 10.1 Å². The van der Waals surface area contributed by atoms with Crippen molar-refractivity contribution in [2.24, 2.45) is 0 Å². The minimum Gasteiger partial charge on any atom is -0.488 e. The fourth-order valence-electron chi connectivity index (χ4n) is 1.94. The molecule has 0 saturated heterocycles. The second-order valence-electron chi connectivity index (χ2n) is 4.73. The Morgan fingerprint density at radius 1 is 1.05 bits per heavy atom. The minimum atomic E-state index is -0.931. The normalized spacial score (nSPS) is 12.2. The molecule has 1 unspecified atom stereocenters. The zero-order valence-electron chi connectivity index (χ0n) is 11.8. The van der Waals surface area contributed by atoms with Crippen LogP contribution in [0.25, 0.3) is 0 Å². The van der Waals surface area contributed by atoms with Gasteiger partial charge in [0.25, 0.3) is 0 Å². The van der Waals surface area contributed by atoms with Crippen LogP contribution < -0.4 is 10.1 Å². The van der Waals surface area contributed by atoms with Gasteiger partial charge in [0.05, 0.1) is 0 Å². The van der Waals surface area contributed by atoms with E-state index in [2.05, 4.69) is 5.32 Å². The summed E-state index contributed by atoms with van der Waals surface area (Å²) >= 11 is 0. The fourth-order valence-corrected chi connectivity index (χ4v) is 1.94. The molecule has 2 nitrogen and oxygen atoms in total. The van der Waals surface area contributed by atoms with Crippen molar-refractivity contribution in [3.8, 4) is 5.75 Å². The van der Waals surface area contributed by atoms with Gasteiger partial charge in [-0.05, 0) is 37.7 Å². The van der Waals surface area contributed by atoms with Crippen molar-refractivity contribution in [2.45, 2.75) is 19.6 Å². The number of ether oxygens (including phenoxy) is 1. The maximum atomic E-state index is 13.3. The van der Waals surface area contributed by atoms with Crippen LogP contribution >= 0.6 is 0 Å². The molecule has 0 fully saturated rings. The van der Waals surface area contributed by atoms with Crippen LogP contribution in [-0.4, -0.2) is 7.05 Å². The molecule has 0 spiro atoms. The Balaban J connectivity index is 2.18. The van der Waals surface area contributed by atoms with E-state index in [1.165, 1.54) is 18.2 Å². The summed E-state index contributed by atoms with van der Waals surface area (Å²) in [7, 11) is 1.78. The Hall–Kier alpha value is -2.01. The van der Waals surface area contributed by atoms with E-state index in [1.54, 1.807) is 13.1 Å². The molecular weight excluding hydrogens is 279 g/mol. The number of benzene rings is 2. The van der Waals surface area contributed by atoms with E-state index in [1.807, 2.05) is 6.92 Å². The second-order valence-corrected chi connectivity index (χ2v) is 4.73. The molecule has 0 radical (unpaired) electrons. The molecular formula is C16H16F3NO. The van der Waals surface area contributed by atoms with Crippen LogP contribution in [0.2, 0.25) is 0 Å². The standard InChI is InChI=1S/C16H16F3NO/c1-10(20-2)13-5-4-12(17)8-16(13)21-9-11-3-6-14(18)15(19)7-11/h3-8,10,20H,9H2,1-2H3. The molecule has 2 rings (SSSR count). The molecule has 21 heavy (non-hydrogen) atoms. The third-order valence-electron chi connectivity index (χ3n) is 3.25. The van der Waals surface area contributed by atoms with Crippen LogP contribution in [0.1, 0.15) is 24.1 Å². The number of halogens is 3. The van der Waals surface area contributed by atoms with Gasteiger partial charge in [0, 0.05) is 17.7 Å². The van der Waals surface area contributed by atoms with Gasteiger partial charge in [0.15, 0.2) is 11.6 Å². The van der Waals surface area contributed by atoms with E-state index in [9.17, 15) is 13.2 Å². The Morgan fingerprint density at radius 2 is 1.81 bits per heavy atom. The highest BCUT2D eigenvalue weighted by Gasteiger charge is 2.12. The summed E-state index contributed by atoms with van der Waals surface area (Å²) in [6.07, 6.45) is 0. The Morgan fingerprint density at radius 3 is 2.48 bits per heavy atom. The lowest BCUT2D eigenvalue weighted by atomic mass is 10.1. The maximum Gasteiger partial charge on any atom is 0.159 e. The van der Waals surface area contributed by atoms with Crippen molar-refractivity contribution in [1.29, 1.82) is 0 Å². The van der Waals surface area contributed by atoms with Gasteiger partial charge in [0.1, 0.15) is 18.2 Å². The molecule has 0 amide bonds. The largest absolute Gasteiger partial charge is 0.488 e. The molecule has 5 heteroatoms. The average molecular weight is 295 g/mol. The molecule has 0 bridgehead atoms. The lowest BCUT2D eigenvalue weighted by molar-refractivity contribution is 0.297. The molecule has 0 aliphatic carbocycles. The van der Waals surface area contributed by atoms with Gasteiger partial charge in [-0.25, -0.2) is 13.2 Å². The van der Waals surface area contributed by atoms with Gasteiger partial charge >= 0.3 is 0 Å². The number of hydrogen-bond donors (Lipinski definition) is 1. The summed E-state index contributed by atoms with van der Waals surface area (Å²) < 4.78 is 44.9. The van der Waals surface area contributed by atoms with Crippen molar-refractivity contribution in [1.82, 2.24) is 5.32 Å². The first-order chi connectivity index (χ1) is 10.0. The quantitative estimate of drug-likeness (QED) is 0.901. The Bertz CT molecular complexity index is 631. The fraction of sp³-hybridized carbons (Fsp3) is 0.250. The van der Waals surface area contributed by atoms with E-state index >= 15 is 0 Å². The van der Waals surface area contributed by atoms with Gasteiger partial charge in [-0.1, -0.05) is 12.1 Å². The van der Waals surface area contributed by atoms with E-state index in [0.717, 1.165) is 17.7 Å². The molecule has 2 aromatic rings. The van der Waals surface area contributed by atoms with Crippen molar-refractivity contribution in [3.63, 3.8) is 0 Å².